The maximum atomic E-state index is 12.8. The summed E-state index contributed by atoms with van der Waals surface area (Å²) in [6.45, 7) is 2.79. The number of thiophene rings is 1. The molecule has 0 unspecified atom stereocenters. The molecule has 25 heavy (non-hydrogen) atoms. The van der Waals surface area contributed by atoms with E-state index >= 15 is 0 Å². The number of carbonyl (C=O) groups is 1. The van der Waals surface area contributed by atoms with Gasteiger partial charge in [-0.3, -0.25) is 9.78 Å². The van der Waals surface area contributed by atoms with Gasteiger partial charge in [0.1, 0.15) is 5.75 Å². The molecule has 6 heteroatoms. The molecule has 4 heterocycles. The van der Waals surface area contributed by atoms with Crippen molar-refractivity contribution >= 4 is 17.2 Å². The van der Waals surface area contributed by atoms with E-state index < -0.39 is 0 Å². The van der Waals surface area contributed by atoms with Gasteiger partial charge in [0.2, 0.25) is 0 Å². The number of likely N-dealkylation sites (tertiary alicyclic amines) is 1. The maximum Gasteiger partial charge on any atom is 0.254 e. The van der Waals surface area contributed by atoms with Crippen LogP contribution in [0.3, 0.4) is 0 Å². The Kier molecular flexibility index (Phi) is 4.72. The summed E-state index contributed by atoms with van der Waals surface area (Å²) in [6.07, 6.45) is 6.52. The first-order chi connectivity index (χ1) is 12.3. The zero-order valence-corrected chi connectivity index (χ0v) is 14.9. The number of hydrogen-bond acceptors (Lipinski definition) is 5. The van der Waals surface area contributed by atoms with E-state index in [1.807, 2.05) is 33.9 Å². The summed E-state index contributed by atoms with van der Waals surface area (Å²) in [5.74, 6) is 0.883. The number of pyridine rings is 1. The Morgan fingerprint density at radius 3 is 3.24 bits per heavy atom. The average Bonchev–Trinajstić information content (AvgIpc) is 3.21. The van der Waals surface area contributed by atoms with E-state index in [0.717, 1.165) is 43.7 Å². The highest BCUT2D eigenvalue weighted by Crippen LogP contribution is 2.41. The third-order valence-electron chi connectivity index (χ3n) is 5.20. The van der Waals surface area contributed by atoms with Crippen LogP contribution in [0.1, 0.15) is 29.6 Å². The van der Waals surface area contributed by atoms with Gasteiger partial charge in [0.25, 0.3) is 5.91 Å². The number of nitrogens with zero attached hydrogens (tertiary/aromatic N) is 2. The van der Waals surface area contributed by atoms with E-state index in [0.29, 0.717) is 13.2 Å². The van der Waals surface area contributed by atoms with Gasteiger partial charge in [-0.05, 0) is 42.8 Å². The van der Waals surface area contributed by atoms with Gasteiger partial charge in [-0.25, -0.2) is 0 Å². The molecule has 2 saturated heterocycles. The van der Waals surface area contributed by atoms with Crippen molar-refractivity contribution in [1.82, 2.24) is 9.88 Å². The van der Waals surface area contributed by atoms with Crippen LogP contribution in [0.5, 0.6) is 5.75 Å². The van der Waals surface area contributed by atoms with Crippen molar-refractivity contribution in [3.05, 3.63) is 46.9 Å². The predicted octanol–water partition coefficient (Wildman–Crippen LogP) is 3.23. The van der Waals surface area contributed by atoms with Crippen LogP contribution >= 0.6 is 11.3 Å². The fourth-order valence-electron chi connectivity index (χ4n) is 3.90. The molecule has 2 aliphatic heterocycles. The second-order valence-electron chi connectivity index (χ2n) is 6.83. The highest BCUT2D eigenvalue weighted by molar-refractivity contribution is 7.08. The van der Waals surface area contributed by atoms with E-state index in [-0.39, 0.29) is 17.4 Å². The number of carbonyl (C=O) groups excluding carboxylic acids is 1. The summed E-state index contributed by atoms with van der Waals surface area (Å²) in [5.41, 5.74) is 0.640. The number of hydrogen-bond donors (Lipinski definition) is 0. The topological polar surface area (TPSA) is 51.7 Å². The first kappa shape index (κ1) is 16.5. The van der Waals surface area contributed by atoms with Crippen molar-refractivity contribution in [2.24, 2.45) is 5.41 Å². The lowest BCUT2D eigenvalue weighted by atomic mass is 9.73. The summed E-state index contributed by atoms with van der Waals surface area (Å²) < 4.78 is 12.1. The Morgan fingerprint density at radius 1 is 1.48 bits per heavy atom. The average molecular weight is 358 g/mol. The molecule has 0 radical (unpaired) electrons. The van der Waals surface area contributed by atoms with Crippen molar-refractivity contribution in [2.75, 3.05) is 26.3 Å². The molecular weight excluding hydrogens is 336 g/mol. The molecule has 0 N–H and O–H groups in total. The largest absolute Gasteiger partial charge is 0.491 e. The molecule has 0 aromatic carbocycles. The third kappa shape index (κ3) is 3.41. The summed E-state index contributed by atoms with van der Waals surface area (Å²) in [7, 11) is 0. The third-order valence-corrected chi connectivity index (χ3v) is 5.89. The molecular formula is C19H22N2O3S. The number of piperidine rings is 1. The Hall–Kier alpha value is -1.92. The maximum absolute atomic E-state index is 12.8. The summed E-state index contributed by atoms with van der Waals surface area (Å²) in [6, 6.07) is 5.68. The second-order valence-corrected chi connectivity index (χ2v) is 7.61. The second kappa shape index (κ2) is 7.14. The highest BCUT2D eigenvalue weighted by atomic mass is 32.1. The highest BCUT2D eigenvalue weighted by Gasteiger charge is 2.47. The number of amides is 1. The minimum Gasteiger partial charge on any atom is -0.491 e. The van der Waals surface area contributed by atoms with Crippen LogP contribution in [-0.4, -0.2) is 48.2 Å². The summed E-state index contributed by atoms with van der Waals surface area (Å²) in [4.78, 5) is 18.9. The van der Waals surface area contributed by atoms with Crippen molar-refractivity contribution in [2.45, 2.75) is 25.4 Å². The molecule has 2 fully saturated rings. The number of rotatable bonds is 4. The van der Waals surface area contributed by atoms with Gasteiger partial charge in [-0.1, -0.05) is 0 Å². The SMILES string of the molecule is O=C(c1ccsc1)N1CC[C@@H]2OCCC[C@]2(COc2cccnc2)C1. The Morgan fingerprint density at radius 2 is 2.44 bits per heavy atom. The van der Waals surface area contributed by atoms with E-state index in [1.54, 1.807) is 23.7 Å². The number of fused-ring (bicyclic) bond motifs is 1. The fourth-order valence-corrected chi connectivity index (χ4v) is 4.53. The van der Waals surface area contributed by atoms with Crippen LogP contribution in [0.15, 0.2) is 41.4 Å². The predicted molar refractivity (Wildman–Crippen MR) is 96.0 cm³/mol. The Bertz CT molecular complexity index is 707. The van der Waals surface area contributed by atoms with Crippen molar-refractivity contribution in [1.29, 1.82) is 0 Å². The van der Waals surface area contributed by atoms with Gasteiger partial charge >= 0.3 is 0 Å². The molecule has 4 rings (SSSR count). The number of ether oxygens (including phenoxy) is 2. The molecule has 2 aliphatic rings. The zero-order chi connectivity index (χ0) is 17.1. The first-order valence-corrected chi connectivity index (χ1v) is 9.67. The minimum absolute atomic E-state index is 0.117. The minimum atomic E-state index is -0.141. The van der Waals surface area contributed by atoms with Gasteiger partial charge < -0.3 is 14.4 Å². The van der Waals surface area contributed by atoms with Crippen LogP contribution in [0.2, 0.25) is 0 Å². The Balaban J connectivity index is 1.51. The van der Waals surface area contributed by atoms with E-state index in [1.165, 1.54) is 0 Å². The number of aromatic nitrogens is 1. The zero-order valence-electron chi connectivity index (χ0n) is 14.1. The van der Waals surface area contributed by atoms with E-state index in [2.05, 4.69) is 4.98 Å². The quantitative estimate of drug-likeness (QED) is 0.842. The monoisotopic (exact) mass is 358 g/mol. The van der Waals surface area contributed by atoms with Crippen LogP contribution in [-0.2, 0) is 4.74 Å². The normalized spacial score (nSPS) is 26.1. The molecule has 1 amide bonds. The molecule has 0 bridgehead atoms. The van der Waals surface area contributed by atoms with E-state index in [4.69, 9.17) is 9.47 Å². The van der Waals surface area contributed by atoms with E-state index in [9.17, 15) is 4.79 Å². The standard InChI is InChI=1S/C19H22N2O3S/c22-18(15-5-10-25-12-15)21-8-4-17-19(13-21,6-2-9-23-17)14-24-16-3-1-7-20-11-16/h1,3,5,7,10-12,17H,2,4,6,8-9,13-14H2/t17-,19+/m0/s1. The molecule has 0 saturated carbocycles. The van der Waals surface area contributed by atoms with Gasteiger partial charge in [0.05, 0.1) is 24.5 Å². The van der Waals surface area contributed by atoms with Crippen LogP contribution in [0.4, 0.5) is 0 Å². The molecule has 0 spiro atoms. The molecule has 132 valence electrons. The smallest absolute Gasteiger partial charge is 0.254 e. The van der Waals surface area contributed by atoms with Crippen LogP contribution in [0, 0.1) is 5.41 Å². The lowest BCUT2D eigenvalue weighted by Gasteiger charge is -2.50. The first-order valence-electron chi connectivity index (χ1n) is 8.73. The molecule has 2 aromatic heterocycles. The molecule has 2 aromatic rings. The molecule has 2 atom stereocenters. The molecule has 0 aliphatic carbocycles. The lowest BCUT2D eigenvalue weighted by Crippen LogP contribution is -2.58. The van der Waals surface area contributed by atoms with Gasteiger partial charge in [0, 0.05) is 36.7 Å². The summed E-state index contributed by atoms with van der Waals surface area (Å²) in [5, 5.41) is 3.87. The summed E-state index contributed by atoms with van der Waals surface area (Å²) >= 11 is 1.56. The lowest BCUT2D eigenvalue weighted by molar-refractivity contribution is -0.133. The van der Waals surface area contributed by atoms with Gasteiger partial charge in [-0.2, -0.15) is 11.3 Å². The van der Waals surface area contributed by atoms with Gasteiger partial charge in [-0.15, -0.1) is 0 Å². The van der Waals surface area contributed by atoms with Crippen LogP contribution < -0.4 is 4.74 Å². The van der Waals surface area contributed by atoms with Crippen LogP contribution in [0.25, 0.3) is 0 Å². The van der Waals surface area contributed by atoms with Gasteiger partial charge in [0.15, 0.2) is 0 Å². The van der Waals surface area contributed by atoms with Crippen molar-refractivity contribution in [3.8, 4) is 5.75 Å². The molecule has 5 nitrogen and oxygen atoms in total. The van der Waals surface area contributed by atoms with Crippen molar-refractivity contribution < 1.29 is 14.3 Å². The van der Waals surface area contributed by atoms with Crippen molar-refractivity contribution in [3.63, 3.8) is 0 Å². The fraction of sp³-hybridized carbons (Fsp3) is 0.474. The Labute approximate surface area is 151 Å².